The summed E-state index contributed by atoms with van der Waals surface area (Å²) in [5, 5.41) is 3.34. The number of hydrogen-bond acceptors (Lipinski definition) is 2. The molecule has 1 aromatic heterocycles. The third-order valence-corrected chi connectivity index (χ3v) is 3.21. The molecular formula is C16H22N2O. The zero-order valence-electron chi connectivity index (χ0n) is 11.7. The maximum absolute atomic E-state index is 5.16. The molecule has 2 rings (SSSR count). The van der Waals surface area contributed by atoms with Crippen molar-refractivity contribution in [2.45, 2.75) is 26.4 Å². The molecule has 0 fully saturated rings. The highest BCUT2D eigenvalue weighted by Crippen LogP contribution is 2.12. The molecule has 0 unspecified atom stereocenters. The number of aryl methyl sites for hydroxylation is 2. The normalized spacial score (nSPS) is 10.6. The lowest BCUT2D eigenvalue weighted by molar-refractivity contribution is 0.414. The Labute approximate surface area is 115 Å². The largest absolute Gasteiger partial charge is 0.497 e. The number of aromatic nitrogens is 1. The number of benzene rings is 1. The van der Waals surface area contributed by atoms with Crippen LogP contribution < -0.4 is 10.1 Å². The minimum absolute atomic E-state index is 0.914. The maximum atomic E-state index is 5.16. The van der Waals surface area contributed by atoms with E-state index < -0.39 is 0 Å². The van der Waals surface area contributed by atoms with E-state index in [9.17, 15) is 0 Å². The Morgan fingerprint density at radius 1 is 1.11 bits per heavy atom. The summed E-state index contributed by atoms with van der Waals surface area (Å²) in [7, 11) is 1.70. The van der Waals surface area contributed by atoms with Crippen LogP contribution in [0.1, 0.15) is 18.1 Å². The standard InChI is InChI=1S/C16H22N2O/c1-3-17-12-15-9-11-18(13-15)10-8-14-4-6-16(19-2)7-5-14/h4-7,9,11,13,17H,3,8,10,12H2,1-2H3. The Bertz CT molecular complexity index is 488. The highest BCUT2D eigenvalue weighted by Gasteiger charge is 1.98. The van der Waals surface area contributed by atoms with Crippen molar-refractivity contribution in [3.05, 3.63) is 53.9 Å². The van der Waals surface area contributed by atoms with Crippen LogP contribution in [0.25, 0.3) is 0 Å². The third-order valence-electron chi connectivity index (χ3n) is 3.21. The van der Waals surface area contributed by atoms with Crippen molar-refractivity contribution in [1.82, 2.24) is 9.88 Å². The molecule has 19 heavy (non-hydrogen) atoms. The molecule has 0 bridgehead atoms. The first-order chi connectivity index (χ1) is 9.31. The summed E-state index contributed by atoms with van der Waals surface area (Å²) in [6.45, 7) is 5.10. The lowest BCUT2D eigenvalue weighted by Gasteiger charge is -2.05. The molecule has 3 heteroatoms. The molecule has 0 saturated heterocycles. The highest BCUT2D eigenvalue weighted by atomic mass is 16.5. The monoisotopic (exact) mass is 258 g/mol. The van der Waals surface area contributed by atoms with Crippen LogP contribution in [0.2, 0.25) is 0 Å². The van der Waals surface area contributed by atoms with E-state index in [2.05, 4.69) is 47.4 Å². The summed E-state index contributed by atoms with van der Waals surface area (Å²) >= 11 is 0. The molecule has 102 valence electrons. The van der Waals surface area contributed by atoms with Gasteiger partial charge in [0.25, 0.3) is 0 Å². The molecule has 2 aromatic rings. The molecule has 1 N–H and O–H groups in total. The van der Waals surface area contributed by atoms with Gasteiger partial charge in [0.05, 0.1) is 7.11 Å². The van der Waals surface area contributed by atoms with Gasteiger partial charge in [-0.3, -0.25) is 0 Å². The van der Waals surface area contributed by atoms with Crippen LogP contribution in [-0.4, -0.2) is 18.2 Å². The molecule has 3 nitrogen and oxygen atoms in total. The van der Waals surface area contributed by atoms with E-state index in [4.69, 9.17) is 4.74 Å². The zero-order valence-corrected chi connectivity index (χ0v) is 11.7. The number of ether oxygens (including phenoxy) is 1. The van der Waals surface area contributed by atoms with E-state index >= 15 is 0 Å². The summed E-state index contributed by atoms with van der Waals surface area (Å²) in [6.07, 6.45) is 5.40. The first-order valence-corrected chi connectivity index (χ1v) is 6.80. The van der Waals surface area contributed by atoms with Crippen LogP contribution in [0.15, 0.2) is 42.7 Å². The fourth-order valence-electron chi connectivity index (χ4n) is 2.05. The number of methoxy groups -OCH3 is 1. The smallest absolute Gasteiger partial charge is 0.118 e. The molecule has 0 spiro atoms. The highest BCUT2D eigenvalue weighted by molar-refractivity contribution is 5.27. The van der Waals surface area contributed by atoms with Crippen LogP contribution in [0.3, 0.4) is 0 Å². The van der Waals surface area contributed by atoms with E-state index in [1.807, 2.05) is 12.1 Å². The molecule has 0 aliphatic heterocycles. The first-order valence-electron chi connectivity index (χ1n) is 6.80. The molecule has 1 aromatic carbocycles. The molecule has 0 amide bonds. The third kappa shape index (κ3) is 4.14. The molecule has 1 heterocycles. The Kier molecular flexibility index (Phi) is 5.04. The quantitative estimate of drug-likeness (QED) is 0.826. The predicted octanol–water partition coefficient (Wildman–Crippen LogP) is 2.85. The number of rotatable bonds is 7. The van der Waals surface area contributed by atoms with Gasteiger partial charge in [-0.1, -0.05) is 19.1 Å². The predicted molar refractivity (Wildman–Crippen MR) is 78.5 cm³/mol. The average Bonchev–Trinajstić information content (AvgIpc) is 2.91. The topological polar surface area (TPSA) is 26.2 Å². The molecule has 0 aliphatic carbocycles. The lowest BCUT2D eigenvalue weighted by atomic mass is 10.1. The van der Waals surface area contributed by atoms with Crippen molar-refractivity contribution in [2.75, 3.05) is 13.7 Å². The summed E-state index contributed by atoms with van der Waals surface area (Å²) in [6, 6.07) is 10.5. The van der Waals surface area contributed by atoms with Crippen molar-refractivity contribution in [1.29, 1.82) is 0 Å². The Hall–Kier alpha value is -1.74. The van der Waals surface area contributed by atoms with Gasteiger partial charge in [-0.05, 0) is 42.3 Å². The minimum atomic E-state index is 0.914. The Balaban J connectivity index is 1.85. The second kappa shape index (κ2) is 7.00. The second-order valence-electron chi connectivity index (χ2n) is 4.64. The minimum Gasteiger partial charge on any atom is -0.497 e. The van der Waals surface area contributed by atoms with Crippen LogP contribution in [-0.2, 0) is 19.5 Å². The van der Waals surface area contributed by atoms with Crippen molar-refractivity contribution in [2.24, 2.45) is 0 Å². The summed E-state index contributed by atoms with van der Waals surface area (Å²) in [4.78, 5) is 0. The van der Waals surface area contributed by atoms with E-state index in [1.165, 1.54) is 11.1 Å². The molecule has 0 saturated carbocycles. The van der Waals surface area contributed by atoms with Gasteiger partial charge < -0.3 is 14.6 Å². The Morgan fingerprint density at radius 3 is 2.58 bits per heavy atom. The summed E-state index contributed by atoms with van der Waals surface area (Å²) in [5.74, 6) is 0.914. The van der Waals surface area contributed by atoms with Crippen LogP contribution >= 0.6 is 0 Å². The van der Waals surface area contributed by atoms with Gasteiger partial charge in [0, 0.05) is 25.5 Å². The van der Waals surface area contributed by atoms with Crippen LogP contribution in [0.5, 0.6) is 5.75 Å². The van der Waals surface area contributed by atoms with Gasteiger partial charge in [0.1, 0.15) is 5.75 Å². The SMILES string of the molecule is CCNCc1ccn(CCc2ccc(OC)cc2)c1. The van der Waals surface area contributed by atoms with Gasteiger partial charge >= 0.3 is 0 Å². The van der Waals surface area contributed by atoms with Gasteiger partial charge in [-0.2, -0.15) is 0 Å². The fourth-order valence-corrected chi connectivity index (χ4v) is 2.05. The van der Waals surface area contributed by atoms with E-state index in [0.29, 0.717) is 0 Å². The maximum Gasteiger partial charge on any atom is 0.118 e. The molecule has 0 aliphatic rings. The van der Waals surface area contributed by atoms with E-state index in [0.717, 1.165) is 31.8 Å². The van der Waals surface area contributed by atoms with Crippen molar-refractivity contribution >= 4 is 0 Å². The number of hydrogen-bond donors (Lipinski definition) is 1. The van der Waals surface area contributed by atoms with Gasteiger partial charge in [-0.15, -0.1) is 0 Å². The van der Waals surface area contributed by atoms with E-state index in [-0.39, 0.29) is 0 Å². The fraction of sp³-hybridized carbons (Fsp3) is 0.375. The second-order valence-corrected chi connectivity index (χ2v) is 4.64. The first kappa shape index (κ1) is 13.7. The van der Waals surface area contributed by atoms with Gasteiger partial charge in [0.15, 0.2) is 0 Å². The average molecular weight is 258 g/mol. The Morgan fingerprint density at radius 2 is 1.89 bits per heavy atom. The number of nitrogens with one attached hydrogen (secondary N) is 1. The lowest BCUT2D eigenvalue weighted by Crippen LogP contribution is -2.11. The van der Waals surface area contributed by atoms with Gasteiger partial charge in [0.2, 0.25) is 0 Å². The molecule has 0 radical (unpaired) electrons. The number of nitrogens with zero attached hydrogens (tertiary/aromatic N) is 1. The van der Waals surface area contributed by atoms with Crippen molar-refractivity contribution in [3.8, 4) is 5.75 Å². The van der Waals surface area contributed by atoms with Gasteiger partial charge in [-0.25, -0.2) is 0 Å². The van der Waals surface area contributed by atoms with Crippen molar-refractivity contribution in [3.63, 3.8) is 0 Å². The van der Waals surface area contributed by atoms with Crippen LogP contribution in [0.4, 0.5) is 0 Å². The molecular weight excluding hydrogens is 236 g/mol. The zero-order chi connectivity index (χ0) is 13.5. The molecule has 0 atom stereocenters. The van der Waals surface area contributed by atoms with E-state index in [1.54, 1.807) is 7.11 Å². The summed E-state index contributed by atoms with van der Waals surface area (Å²) < 4.78 is 7.41. The van der Waals surface area contributed by atoms with Crippen LogP contribution in [0, 0.1) is 0 Å². The van der Waals surface area contributed by atoms with Crippen molar-refractivity contribution < 1.29 is 4.74 Å². The summed E-state index contributed by atoms with van der Waals surface area (Å²) in [5.41, 5.74) is 2.68.